The molecule has 116 valence electrons. The maximum absolute atomic E-state index is 12.9. The van der Waals surface area contributed by atoms with Gasteiger partial charge in [0, 0.05) is 12.3 Å². The Morgan fingerprint density at radius 3 is 2.05 bits per heavy atom. The first-order valence-corrected chi connectivity index (χ1v) is 5.95. The van der Waals surface area contributed by atoms with E-state index in [1.54, 1.807) is 20.8 Å². The van der Waals surface area contributed by atoms with Gasteiger partial charge in [0.2, 0.25) is 0 Å². The van der Waals surface area contributed by atoms with Crippen LogP contribution in [0.5, 0.6) is 0 Å². The smallest absolute Gasteiger partial charge is 0.433 e. The van der Waals surface area contributed by atoms with E-state index in [0.29, 0.717) is 6.21 Å². The number of rotatable bonds is 4. The number of carbonyl (C=O) groups is 1. The van der Waals surface area contributed by atoms with Crippen LogP contribution in [0.3, 0.4) is 0 Å². The van der Waals surface area contributed by atoms with Gasteiger partial charge in [-0.2, -0.15) is 13.2 Å². The molecule has 0 aliphatic carbocycles. The molecule has 0 aromatic carbocycles. The highest BCUT2D eigenvalue weighted by atomic mass is 19.4. The maximum atomic E-state index is 12.9. The molecule has 0 saturated heterocycles. The predicted molar refractivity (Wildman–Crippen MR) is 69.5 cm³/mol. The van der Waals surface area contributed by atoms with E-state index in [0.717, 1.165) is 0 Å². The largest absolute Gasteiger partial charge is 0.444 e. The topological polar surface area (TPSA) is 74.2 Å². The number of ether oxygens (including phenoxy) is 1. The summed E-state index contributed by atoms with van der Waals surface area (Å²) >= 11 is 0. The molecule has 0 bridgehead atoms. The van der Waals surface area contributed by atoms with Crippen molar-refractivity contribution in [3.8, 4) is 0 Å². The van der Waals surface area contributed by atoms with Crippen LogP contribution >= 0.6 is 0 Å². The average Bonchev–Trinajstić information content (AvgIpc) is 2.18. The molecule has 8 heteroatoms. The van der Waals surface area contributed by atoms with E-state index >= 15 is 0 Å². The van der Waals surface area contributed by atoms with Gasteiger partial charge in [0.25, 0.3) is 0 Å². The van der Waals surface area contributed by atoms with E-state index in [1.165, 1.54) is 13.8 Å². The van der Waals surface area contributed by atoms with Gasteiger partial charge in [-0.25, -0.2) is 4.79 Å². The van der Waals surface area contributed by atoms with Crippen LogP contribution in [0.15, 0.2) is 11.4 Å². The van der Waals surface area contributed by atoms with Gasteiger partial charge in [0.1, 0.15) is 11.3 Å². The Hall–Kier alpha value is -1.73. The second-order valence-electron chi connectivity index (χ2n) is 5.36. The Bertz CT molecular complexity index is 396. The number of halogens is 3. The second kappa shape index (κ2) is 6.62. The molecule has 0 spiro atoms. The van der Waals surface area contributed by atoms with Crippen molar-refractivity contribution >= 4 is 12.3 Å². The summed E-state index contributed by atoms with van der Waals surface area (Å²) in [5.41, 5.74) is -2.73. The first-order valence-electron chi connectivity index (χ1n) is 5.95. The zero-order chi connectivity index (χ0) is 16.1. The van der Waals surface area contributed by atoms with Crippen molar-refractivity contribution in [3.63, 3.8) is 0 Å². The second-order valence-corrected chi connectivity index (χ2v) is 5.36. The molecule has 0 aromatic heterocycles. The summed E-state index contributed by atoms with van der Waals surface area (Å²) in [5, 5.41) is 11.1. The quantitative estimate of drug-likeness (QED) is 0.698. The number of carbonyl (C=O) groups excluding carboxylic acids is 1. The van der Waals surface area contributed by atoms with Crippen LogP contribution in [0.4, 0.5) is 18.0 Å². The van der Waals surface area contributed by atoms with Gasteiger partial charge in [0.15, 0.2) is 0 Å². The number of allylic oxidation sites excluding steroid dienone is 2. The number of alkyl carbamates (subject to hydrolysis) is 1. The van der Waals surface area contributed by atoms with E-state index in [4.69, 9.17) is 10.1 Å². The van der Waals surface area contributed by atoms with Gasteiger partial charge in [0.05, 0.1) is 5.70 Å². The lowest BCUT2D eigenvalue weighted by Gasteiger charge is -2.22. The minimum absolute atomic E-state index is 0.419. The molecule has 1 amide bonds. The third-order valence-corrected chi connectivity index (χ3v) is 1.77. The average molecular weight is 295 g/mol. The van der Waals surface area contributed by atoms with Crippen LogP contribution in [-0.4, -0.2) is 30.1 Å². The lowest BCUT2D eigenvalue weighted by atomic mass is 10.2. The Morgan fingerprint density at radius 2 is 1.75 bits per heavy atom. The molecule has 0 rings (SSSR count). The standard InChI is InChI=1S/C12H20F3N3O2/c1-7(2)17-9(12(13,14)15)8(6-16)18-10(19)20-11(3,4)5/h6-7,16-17H,1-5H3,(H,18,19)/b9-8+,16-6?. The van der Waals surface area contributed by atoms with Crippen molar-refractivity contribution in [2.45, 2.75) is 52.4 Å². The maximum Gasteiger partial charge on any atom is 0.433 e. The Balaban J connectivity index is 5.29. The van der Waals surface area contributed by atoms with Crippen LogP contribution in [0.25, 0.3) is 0 Å². The van der Waals surface area contributed by atoms with Crippen molar-refractivity contribution < 1.29 is 22.7 Å². The van der Waals surface area contributed by atoms with Gasteiger partial charge >= 0.3 is 12.3 Å². The van der Waals surface area contributed by atoms with Crippen molar-refractivity contribution in [1.82, 2.24) is 10.6 Å². The molecule has 3 N–H and O–H groups in total. The third kappa shape index (κ3) is 7.01. The van der Waals surface area contributed by atoms with E-state index in [-0.39, 0.29) is 0 Å². The van der Waals surface area contributed by atoms with Crippen LogP contribution in [0, 0.1) is 5.41 Å². The third-order valence-electron chi connectivity index (χ3n) is 1.77. The Labute approximate surface area is 116 Å². The monoisotopic (exact) mass is 295 g/mol. The number of hydrogen-bond acceptors (Lipinski definition) is 4. The molecular weight excluding hydrogens is 275 g/mol. The van der Waals surface area contributed by atoms with Crippen LogP contribution in [0.2, 0.25) is 0 Å². The molecule has 0 heterocycles. The van der Waals surface area contributed by atoms with Crippen LogP contribution < -0.4 is 10.6 Å². The molecule has 20 heavy (non-hydrogen) atoms. The molecule has 0 atom stereocenters. The first kappa shape index (κ1) is 18.3. The van der Waals surface area contributed by atoms with Gasteiger partial charge in [-0.1, -0.05) is 0 Å². The van der Waals surface area contributed by atoms with Crippen molar-refractivity contribution in [2.75, 3.05) is 0 Å². The number of hydrogen-bond donors (Lipinski definition) is 3. The van der Waals surface area contributed by atoms with Gasteiger partial charge in [-0.05, 0) is 34.6 Å². The minimum Gasteiger partial charge on any atom is -0.444 e. The predicted octanol–water partition coefficient (Wildman–Crippen LogP) is 2.93. The number of alkyl halides is 3. The summed E-state index contributed by atoms with van der Waals surface area (Å²) in [6.45, 7) is 7.77. The molecular formula is C12H20F3N3O2. The molecule has 0 radical (unpaired) electrons. The highest BCUT2D eigenvalue weighted by molar-refractivity contribution is 5.84. The van der Waals surface area contributed by atoms with E-state index < -0.39 is 35.3 Å². The summed E-state index contributed by atoms with van der Waals surface area (Å²) in [5.74, 6) is 0. The summed E-state index contributed by atoms with van der Waals surface area (Å²) in [6, 6.07) is -0.512. The molecule has 0 aliphatic rings. The normalized spacial score (nSPS) is 13.7. The van der Waals surface area contributed by atoms with Crippen LogP contribution in [-0.2, 0) is 4.74 Å². The molecule has 0 aliphatic heterocycles. The molecule has 0 unspecified atom stereocenters. The molecule has 5 nitrogen and oxygen atoms in total. The number of amides is 1. The molecule has 0 fully saturated rings. The molecule has 0 aromatic rings. The summed E-state index contributed by atoms with van der Waals surface area (Å²) in [7, 11) is 0. The summed E-state index contributed by atoms with van der Waals surface area (Å²) in [4.78, 5) is 11.5. The lowest BCUT2D eigenvalue weighted by Crippen LogP contribution is -2.39. The van der Waals surface area contributed by atoms with Crippen molar-refractivity contribution in [1.29, 1.82) is 5.41 Å². The highest BCUT2D eigenvalue weighted by Gasteiger charge is 2.37. The SMILES string of the molecule is CC(C)N/C(=C(\C=N)NC(=O)OC(C)(C)C)C(F)(F)F. The fourth-order valence-electron chi connectivity index (χ4n) is 1.19. The van der Waals surface area contributed by atoms with E-state index in [1.807, 2.05) is 5.32 Å². The Kier molecular flexibility index (Phi) is 6.05. The zero-order valence-electron chi connectivity index (χ0n) is 12.1. The minimum atomic E-state index is -4.72. The summed E-state index contributed by atoms with van der Waals surface area (Å²) in [6.07, 6.45) is -5.35. The fourth-order valence-corrected chi connectivity index (χ4v) is 1.19. The molecule has 0 saturated carbocycles. The highest BCUT2D eigenvalue weighted by Crippen LogP contribution is 2.25. The van der Waals surface area contributed by atoms with Crippen LogP contribution in [0.1, 0.15) is 34.6 Å². The van der Waals surface area contributed by atoms with Gasteiger partial charge in [-0.15, -0.1) is 0 Å². The first-order chi connectivity index (χ1) is 8.86. The summed E-state index contributed by atoms with van der Waals surface area (Å²) < 4.78 is 43.5. The zero-order valence-corrected chi connectivity index (χ0v) is 12.1. The van der Waals surface area contributed by atoms with E-state index in [9.17, 15) is 18.0 Å². The fraction of sp³-hybridized carbons (Fsp3) is 0.667. The van der Waals surface area contributed by atoms with Gasteiger partial charge in [-0.3, -0.25) is 5.32 Å². The van der Waals surface area contributed by atoms with E-state index in [2.05, 4.69) is 5.32 Å². The van der Waals surface area contributed by atoms with Crippen molar-refractivity contribution in [2.24, 2.45) is 0 Å². The van der Waals surface area contributed by atoms with Gasteiger partial charge < -0.3 is 15.5 Å². The van der Waals surface area contributed by atoms with Crippen molar-refractivity contribution in [3.05, 3.63) is 11.4 Å². The Morgan fingerprint density at radius 1 is 1.25 bits per heavy atom. The lowest BCUT2D eigenvalue weighted by molar-refractivity contribution is -0.0982. The number of nitrogens with one attached hydrogen (secondary N) is 3.